The lowest BCUT2D eigenvalue weighted by molar-refractivity contribution is -0.0620. The van der Waals surface area contributed by atoms with Crippen LogP contribution in [0.15, 0.2) is 36.9 Å². The Morgan fingerprint density at radius 2 is 1.62 bits per heavy atom. The topological polar surface area (TPSA) is 58.9 Å². The van der Waals surface area contributed by atoms with Crippen molar-refractivity contribution in [1.82, 2.24) is 0 Å². The fourth-order valence-electron chi connectivity index (χ4n) is 1.29. The van der Waals surface area contributed by atoms with Crippen molar-refractivity contribution in [2.24, 2.45) is 0 Å². The molecule has 0 aliphatic heterocycles. The zero-order valence-corrected chi connectivity index (χ0v) is 13.2. The minimum atomic E-state index is -0.447. The molecule has 0 aliphatic rings. The van der Waals surface area contributed by atoms with Crippen molar-refractivity contribution in [1.29, 1.82) is 0 Å². The molecule has 0 amide bonds. The van der Waals surface area contributed by atoms with Gasteiger partial charge in [-0.1, -0.05) is 43.0 Å². The number of aliphatic hydroxyl groups excluding tert-OH is 2. The molecule has 3 unspecified atom stereocenters. The van der Waals surface area contributed by atoms with Crippen LogP contribution < -0.4 is 0 Å². The van der Waals surface area contributed by atoms with Gasteiger partial charge in [0, 0.05) is 0 Å². The number of aliphatic hydroxyl groups is 2. The van der Waals surface area contributed by atoms with E-state index >= 15 is 0 Å². The van der Waals surface area contributed by atoms with Gasteiger partial charge in [0.15, 0.2) is 0 Å². The Morgan fingerprint density at radius 3 is 2.05 bits per heavy atom. The van der Waals surface area contributed by atoms with Gasteiger partial charge in [-0.2, -0.15) is 0 Å². The second-order valence-electron chi connectivity index (χ2n) is 4.93. The summed E-state index contributed by atoms with van der Waals surface area (Å²) in [5.41, 5.74) is 1.17. The van der Waals surface area contributed by atoms with Gasteiger partial charge in [-0.05, 0) is 26.3 Å². The Labute approximate surface area is 128 Å². The lowest BCUT2D eigenvalue weighted by Crippen LogP contribution is -2.24. The number of benzene rings is 1. The van der Waals surface area contributed by atoms with Crippen molar-refractivity contribution in [3.8, 4) is 0 Å². The average molecular weight is 296 g/mol. The van der Waals surface area contributed by atoms with E-state index < -0.39 is 6.10 Å². The minimum absolute atomic E-state index is 0.0170. The van der Waals surface area contributed by atoms with Gasteiger partial charge in [0.1, 0.15) is 0 Å². The molecule has 0 bridgehead atoms. The van der Waals surface area contributed by atoms with Gasteiger partial charge >= 0.3 is 0 Å². The molecule has 120 valence electrons. The van der Waals surface area contributed by atoms with Crippen LogP contribution in [0, 0.1) is 0 Å². The summed E-state index contributed by atoms with van der Waals surface area (Å²) in [6.07, 6.45) is 1.18. The number of hydrogen-bond donors (Lipinski definition) is 2. The van der Waals surface area contributed by atoms with Crippen molar-refractivity contribution in [3.63, 3.8) is 0 Å². The molecule has 0 fully saturated rings. The van der Waals surface area contributed by atoms with E-state index in [-0.39, 0.29) is 18.8 Å². The molecule has 3 atom stereocenters. The summed E-state index contributed by atoms with van der Waals surface area (Å²) in [6.45, 7) is 9.74. The molecule has 0 spiro atoms. The van der Waals surface area contributed by atoms with Gasteiger partial charge in [0.2, 0.25) is 0 Å². The second kappa shape index (κ2) is 12.5. The number of hydrogen-bond acceptors (Lipinski definition) is 4. The quantitative estimate of drug-likeness (QED) is 0.774. The normalized spacial score (nSPS) is 14.5. The molecule has 1 rings (SSSR count). The molecule has 4 heteroatoms. The van der Waals surface area contributed by atoms with Crippen molar-refractivity contribution in [2.75, 3.05) is 19.8 Å². The summed E-state index contributed by atoms with van der Waals surface area (Å²) in [4.78, 5) is 0. The Hall–Kier alpha value is -1.20. The van der Waals surface area contributed by atoms with Gasteiger partial charge < -0.3 is 19.7 Å². The Bertz CT molecular complexity index is 351. The second-order valence-corrected chi connectivity index (χ2v) is 4.93. The summed E-state index contributed by atoms with van der Waals surface area (Å²) < 4.78 is 10.5. The summed E-state index contributed by atoms with van der Waals surface area (Å²) in [5.74, 6) is 0. The van der Waals surface area contributed by atoms with E-state index in [4.69, 9.17) is 19.7 Å². The third kappa shape index (κ3) is 12.3. The monoisotopic (exact) mass is 296 g/mol. The first-order valence-corrected chi connectivity index (χ1v) is 7.19. The molecular formula is C17H28O4. The predicted molar refractivity (Wildman–Crippen MR) is 86.1 cm³/mol. The molecule has 0 aliphatic carbocycles. The van der Waals surface area contributed by atoms with Crippen LogP contribution >= 0.6 is 0 Å². The SMILES string of the molecule is C=Cc1ccccc1.CC(O)COC(C)COC(C)CO. The van der Waals surface area contributed by atoms with Gasteiger partial charge in [-0.25, -0.2) is 0 Å². The molecule has 1 aromatic rings. The van der Waals surface area contributed by atoms with Gasteiger partial charge in [-0.3, -0.25) is 0 Å². The molecule has 0 heterocycles. The summed E-state index contributed by atoms with van der Waals surface area (Å²) in [7, 11) is 0. The van der Waals surface area contributed by atoms with E-state index in [0.717, 1.165) is 0 Å². The Kier molecular flexibility index (Phi) is 11.8. The smallest absolute Gasteiger partial charge is 0.0781 e. The largest absolute Gasteiger partial charge is 0.394 e. The summed E-state index contributed by atoms with van der Waals surface area (Å²) in [6, 6.07) is 10.0. The number of rotatable bonds is 8. The molecule has 2 N–H and O–H groups in total. The van der Waals surface area contributed by atoms with Crippen LogP contribution in [0.25, 0.3) is 6.08 Å². The van der Waals surface area contributed by atoms with E-state index in [1.165, 1.54) is 5.56 Å². The predicted octanol–water partition coefficient (Wildman–Crippen LogP) is 2.50. The van der Waals surface area contributed by atoms with Gasteiger partial charge in [0.05, 0.1) is 38.1 Å². The van der Waals surface area contributed by atoms with Gasteiger partial charge in [-0.15, -0.1) is 0 Å². The first kappa shape index (κ1) is 19.8. The highest BCUT2D eigenvalue weighted by atomic mass is 16.5. The van der Waals surface area contributed by atoms with Crippen molar-refractivity contribution in [3.05, 3.63) is 42.5 Å². The van der Waals surface area contributed by atoms with Crippen molar-refractivity contribution >= 4 is 6.08 Å². The van der Waals surface area contributed by atoms with E-state index in [2.05, 4.69) is 6.58 Å². The zero-order chi connectivity index (χ0) is 16.1. The Balaban J connectivity index is 0.000000423. The van der Waals surface area contributed by atoms with Crippen LogP contribution in [0.1, 0.15) is 26.3 Å². The molecule has 0 aromatic heterocycles. The van der Waals surface area contributed by atoms with Crippen LogP contribution in [-0.4, -0.2) is 48.3 Å². The van der Waals surface area contributed by atoms with Crippen molar-refractivity contribution < 1.29 is 19.7 Å². The fraction of sp³-hybridized carbons (Fsp3) is 0.529. The number of ether oxygens (including phenoxy) is 2. The highest BCUT2D eigenvalue weighted by Gasteiger charge is 2.06. The molecule has 0 saturated carbocycles. The third-order valence-electron chi connectivity index (χ3n) is 2.53. The summed E-state index contributed by atoms with van der Waals surface area (Å²) in [5, 5.41) is 17.6. The highest BCUT2D eigenvalue weighted by Crippen LogP contribution is 1.98. The maximum atomic E-state index is 8.92. The van der Waals surface area contributed by atoms with Crippen LogP contribution in [0.5, 0.6) is 0 Å². The zero-order valence-electron chi connectivity index (χ0n) is 13.2. The van der Waals surface area contributed by atoms with Crippen LogP contribution in [-0.2, 0) is 9.47 Å². The first-order chi connectivity index (χ1) is 9.99. The highest BCUT2D eigenvalue weighted by molar-refractivity contribution is 5.45. The van der Waals surface area contributed by atoms with Crippen molar-refractivity contribution in [2.45, 2.75) is 39.1 Å². The molecule has 1 aromatic carbocycles. The van der Waals surface area contributed by atoms with Crippen LogP contribution in [0.4, 0.5) is 0 Å². The molecule has 0 radical (unpaired) electrons. The lowest BCUT2D eigenvalue weighted by Gasteiger charge is -2.16. The average Bonchev–Trinajstić information content (AvgIpc) is 2.51. The van der Waals surface area contributed by atoms with E-state index in [1.54, 1.807) is 13.8 Å². The van der Waals surface area contributed by atoms with Gasteiger partial charge in [0.25, 0.3) is 0 Å². The molecular weight excluding hydrogens is 268 g/mol. The van der Waals surface area contributed by atoms with E-state index in [1.807, 2.05) is 43.3 Å². The standard InChI is InChI=1S/C9H20O4.C8H8/c1-7(11)5-12-9(3)6-13-8(2)4-10;1-2-8-6-4-3-5-7-8/h7-11H,4-6H2,1-3H3;2-7H,1H2. The summed E-state index contributed by atoms with van der Waals surface area (Å²) >= 11 is 0. The maximum Gasteiger partial charge on any atom is 0.0781 e. The molecule has 0 saturated heterocycles. The van der Waals surface area contributed by atoms with E-state index in [0.29, 0.717) is 13.2 Å². The van der Waals surface area contributed by atoms with E-state index in [9.17, 15) is 0 Å². The lowest BCUT2D eigenvalue weighted by atomic mass is 10.2. The molecule has 4 nitrogen and oxygen atoms in total. The molecule has 21 heavy (non-hydrogen) atoms. The fourth-order valence-corrected chi connectivity index (χ4v) is 1.29. The third-order valence-corrected chi connectivity index (χ3v) is 2.53. The van der Waals surface area contributed by atoms with Crippen LogP contribution in [0.3, 0.4) is 0 Å². The Morgan fingerprint density at radius 1 is 1.05 bits per heavy atom. The maximum absolute atomic E-state index is 8.92. The minimum Gasteiger partial charge on any atom is -0.394 e. The first-order valence-electron chi connectivity index (χ1n) is 7.19. The van der Waals surface area contributed by atoms with Crippen LogP contribution in [0.2, 0.25) is 0 Å².